The van der Waals surface area contributed by atoms with Crippen LogP contribution in [-0.2, 0) is 0 Å². The van der Waals surface area contributed by atoms with E-state index in [0.717, 1.165) is 31.6 Å². The maximum Gasteiger partial charge on any atom is 0.253 e. The average molecular weight is 246 g/mol. The number of carbonyl (C=O) groups is 1. The van der Waals surface area contributed by atoms with Crippen molar-refractivity contribution in [3.63, 3.8) is 0 Å². The minimum atomic E-state index is -0.190. The van der Waals surface area contributed by atoms with Crippen LogP contribution >= 0.6 is 0 Å². The third-order valence-corrected chi connectivity index (χ3v) is 3.60. The zero-order valence-corrected chi connectivity index (χ0v) is 10.6. The fourth-order valence-electron chi connectivity index (χ4n) is 2.41. The lowest BCUT2D eigenvalue weighted by Crippen LogP contribution is -2.37. The van der Waals surface area contributed by atoms with E-state index in [1.807, 2.05) is 0 Å². The number of amides is 1. The summed E-state index contributed by atoms with van der Waals surface area (Å²) in [6, 6.07) is 6.87. The third-order valence-electron chi connectivity index (χ3n) is 3.60. The smallest absolute Gasteiger partial charge is 0.253 e. The molecular formula is C14H18N2O2. The van der Waals surface area contributed by atoms with Crippen molar-refractivity contribution < 1.29 is 4.79 Å². The Morgan fingerprint density at radius 1 is 1.22 bits per heavy atom. The Balaban J connectivity index is 2.01. The molecule has 1 N–H and O–H groups in total. The number of nitroso groups, excluding NO2 is 1. The summed E-state index contributed by atoms with van der Waals surface area (Å²) < 4.78 is 0. The van der Waals surface area contributed by atoms with Crippen LogP contribution in [0.1, 0.15) is 43.0 Å². The van der Waals surface area contributed by atoms with Crippen LogP contribution in [0.2, 0.25) is 0 Å². The standard InChI is InChI=1S/C14H18N2O2/c1-10-6-8-11(9-7-10)15-14(17)12-4-2-3-5-13(12)16-18/h2-5,10-11H,6-9H2,1H3,(H,15,17). The highest BCUT2D eigenvalue weighted by molar-refractivity contribution is 5.99. The topological polar surface area (TPSA) is 58.5 Å². The molecule has 0 bridgehead atoms. The predicted octanol–water partition coefficient (Wildman–Crippen LogP) is 3.39. The number of hydrogen-bond acceptors (Lipinski definition) is 3. The van der Waals surface area contributed by atoms with Crippen LogP contribution in [0.5, 0.6) is 0 Å². The van der Waals surface area contributed by atoms with E-state index in [1.165, 1.54) is 0 Å². The maximum absolute atomic E-state index is 12.1. The molecular weight excluding hydrogens is 228 g/mol. The van der Waals surface area contributed by atoms with Gasteiger partial charge in [-0.2, -0.15) is 0 Å². The average Bonchev–Trinajstić information content (AvgIpc) is 2.41. The summed E-state index contributed by atoms with van der Waals surface area (Å²) in [4.78, 5) is 22.7. The molecule has 1 aliphatic rings. The van der Waals surface area contributed by atoms with Crippen molar-refractivity contribution in [1.82, 2.24) is 5.32 Å². The summed E-state index contributed by atoms with van der Waals surface area (Å²) in [7, 11) is 0. The van der Waals surface area contributed by atoms with Gasteiger partial charge in [0.25, 0.3) is 5.91 Å². The molecule has 2 rings (SSSR count). The normalized spacial score (nSPS) is 23.4. The molecule has 0 heterocycles. The highest BCUT2D eigenvalue weighted by Gasteiger charge is 2.21. The first kappa shape index (κ1) is 12.7. The van der Waals surface area contributed by atoms with Gasteiger partial charge in [-0.25, -0.2) is 0 Å². The highest BCUT2D eigenvalue weighted by Crippen LogP contribution is 2.24. The van der Waals surface area contributed by atoms with Gasteiger partial charge in [0, 0.05) is 6.04 Å². The number of carbonyl (C=O) groups excluding carboxylic acids is 1. The summed E-state index contributed by atoms with van der Waals surface area (Å²) in [6.45, 7) is 2.24. The van der Waals surface area contributed by atoms with Gasteiger partial charge in [0.05, 0.1) is 5.56 Å². The van der Waals surface area contributed by atoms with Gasteiger partial charge in [0.1, 0.15) is 5.69 Å². The molecule has 1 amide bonds. The molecule has 1 aliphatic carbocycles. The molecule has 1 saturated carbocycles. The first-order valence-electron chi connectivity index (χ1n) is 6.44. The number of rotatable bonds is 3. The fourth-order valence-corrected chi connectivity index (χ4v) is 2.41. The second-order valence-electron chi connectivity index (χ2n) is 5.04. The highest BCUT2D eigenvalue weighted by atomic mass is 16.3. The molecule has 0 aromatic heterocycles. The molecule has 0 spiro atoms. The van der Waals surface area contributed by atoms with Gasteiger partial charge in [-0.05, 0) is 48.9 Å². The lowest BCUT2D eigenvalue weighted by molar-refractivity contribution is 0.0923. The van der Waals surface area contributed by atoms with Gasteiger partial charge in [-0.3, -0.25) is 4.79 Å². The van der Waals surface area contributed by atoms with Crippen LogP contribution in [0.4, 0.5) is 5.69 Å². The zero-order valence-electron chi connectivity index (χ0n) is 10.6. The van der Waals surface area contributed by atoms with E-state index in [1.54, 1.807) is 24.3 Å². The second-order valence-corrected chi connectivity index (χ2v) is 5.04. The van der Waals surface area contributed by atoms with Crippen LogP contribution in [0.15, 0.2) is 29.4 Å². The SMILES string of the molecule is CC1CCC(NC(=O)c2ccccc2N=O)CC1. The molecule has 0 saturated heterocycles. The van der Waals surface area contributed by atoms with E-state index in [2.05, 4.69) is 17.4 Å². The minimum Gasteiger partial charge on any atom is -0.349 e. The molecule has 0 radical (unpaired) electrons. The quantitative estimate of drug-likeness (QED) is 0.831. The van der Waals surface area contributed by atoms with Crippen LogP contribution < -0.4 is 5.32 Å². The van der Waals surface area contributed by atoms with Crippen molar-refractivity contribution in [2.24, 2.45) is 11.1 Å². The van der Waals surface area contributed by atoms with Gasteiger partial charge in [-0.15, -0.1) is 4.91 Å². The minimum absolute atomic E-state index is 0.190. The van der Waals surface area contributed by atoms with Crippen LogP contribution in [0, 0.1) is 10.8 Å². The lowest BCUT2D eigenvalue weighted by atomic mass is 9.87. The van der Waals surface area contributed by atoms with Gasteiger partial charge >= 0.3 is 0 Å². The molecule has 0 aliphatic heterocycles. The summed E-state index contributed by atoms with van der Waals surface area (Å²) in [5.41, 5.74) is 0.574. The van der Waals surface area contributed by atoms with Gasteiger partial charge in [0.2, 0.25) is 0 Å². The summed E-state index contributed by atoms with van der Waals surface area (Å²) >= 11 is 0. The molecule has 1 aromatic rings. The maximum atomic E-state index is 12.1. The van der Waals surface area contributed by atoms with Crippen molar-refractivity contribution in [3.05, 3.63) is 34.7 Å². The summed E-state index contributed by atoms with van der Waals surface area (Å²) in [6.07, 6.45) is 4.34. The van der Waals surface area contributed by atoms with E-state index in [4.69, 9.17) is 0 Å². The van der Waals surface area contributed by atoms with Gasteiger partial charge < -0.3 is 5.32 Å². The Morgan fingerprint density at radius 2 is 1.89 bits per heavy atom. The number of nitrogens with one attached hydrogen (secondary N) is 1. The molecule has 96 valence electrons. The van der Waals surface area contributed by atoms with Crippen LogP contribution in [0.25, 0.3) is 0 Å². The Bertz CT molecular complexity index is 437. The lowest BCUT2D eigenvalue weighted by Gasteiger charge is -2.26. The Kier molecular flexibility index (Phi) is 4.07. The second kappa shape index (κ2) is 5.76. The van der Waals surface area contributed by atoms with Crippen molar-refractivity contribution >= 4 is 11.6 Å². The Labute approximate surface area is 107 Å². The van der Waals surface area contributed by atoms with Crippen LogP contribution in [0.3, 0.4) is 0 Å². The first-order chi connectivity index (χ1) is 8.70. The molecule has 0 unspecified atom stereocenters. The first-order valence-corrected chi connectivity index (χ1v) is 6.44. The van der Waals surface area contributed by atoms with E-state index in [9.17, 15) is 9.70 Å². The Morgan fingerprint density at radius 3 is 2.56 bits per heavy atom. The van der Waals surface area contributed by atoms with Gasteiger partial charge in [0.15, 0.2) is 0 Å². The van der Waals surface area contributed by atoms with Gasteiger partial charge in [-0.1, -0.05) is 19.1 Å². The van der Waals surface area contributed by atoms with E-state index < -0.39 is 0 Å². The third kappa shape index (κ3) is 2.94. The molecule has 1 fully saturated rings. The fraction of sp³-hybridized carbons (Fsp3) is 0.500. The largest absolute Gasteiger partial charge is 0.349 e. The molecule has 0 atom stereocenters. The predicted molar refractivity (Wildman–Crippen MR) is 70.8 cm³/mol. The van der Waals surface area contributed by atoms with Crippen molar-refractivity contribution in [3.8, 4) is 0 Å². The number of hydrogen-bond donors (Lipinski definition) is 1. The van der Waals surface area contributed by atoms with Crippen molar-refractivity contribution in [2.45, 2.75) is 38.6 Å². The van der Waals surface area contributed by atoms with E-state index >= 15 is 0 Å². The summed E-state index contributed by atoms with van der Waals surface area (Å²) in [5, 5.41) is 5.88. The Hall–Kier alpha value is -1.71. The molecule has 4 nitrogen and oxygen atoms in total. The van der Waals surface area contributed by atoms with Crippen LogP contribution in [-0.4, -0.2) is 11.9 Å². The van der Waals surface area contributed by atoms with Crippen molar-refractivity contribution in [2.75, 3.05) is 0 Å². The van der Waals surface area contributed by atoms with E-state index in [-0.39, 0.29) is 17.6 Å². The molecule has 1 aromatic carbocycles. The number of benzene rings is 1. The zero-order chi connectivity index (χ0) is 13.0. The molecule has 18 heavy (non-hydrogen) atoms. The van der Waals surface area contributed by atoms with Crippen molar-refractivity contribution in [1.29, 1.82) is 0 Å². The van der Waals surface area contributed by atoms with E-state index in [0.29, 0.717) is 5.56 Å². The summed E-state index contributed by atoms with van der Waals surface area (Å²) in [5.74, 6) is 0.562. The monoisotopic (exact) mass is 246 g/mol. The molecule has 4 heteroatoms. The number of nitrogens with zero attached hydrogens (tertiary/aromatic N) is 1.